The van der Waals surface area contributed by atoms with Gasteiger partial charge in [0.15, 0.2) is 0 Å². The fraction of sp³-hybridized carbons (Fsp3) is 0.286. The Labute approximate surface area is 106 Å². The predicted molar refractivity (Wildman–Crippen MR) is 68.8 cm³/mol. The first kappa shape index (κ1) is 12.4. The molecule has 1 aromatic carbocycles. The third kappa shape index (κ3) is 1.79. The summed E-state index contributed by atoms with van der Waals surface area (Å²) in [5.41, 5.74) is 0.956. The summed E-state index contributed by atoms with van der Waals surface area (Å²) in [6.45, 7) is 5.39. The number of hydrogen-bond acceptors (Lipinski definition) is 2. The van der Waals surface area contributed by atoms with Crippen molar-refractivity contribution in [3.8, 4) is 0 Å². The maximum absolute atomic E-state index is 12.1. The summed E-state index contributed by atoms with van der Waals surface area (Å²) in [4.78, 5) is 26.8. The van der Waals surface area contributed by atoms with Gasteiger partial charge in [0, 0.05) is 7.05 Å². The molecule has 0 N–H and O–H groups in total. The lowest BCUT2D eigenvalue weighted by atomic mass is 10.0. The second kappa shape index (κ2) is 4.64. The first-order chi connectivity index (χ1) is 8.57. The van der Waals surface area contributed by atoms with Gasteiger partial charge in [-0.3, -0.25) is 9.69 Å². The van der Waals surface area contributed by atoms with Crippen molar-refractivity contribution in [1.82, 2.24) is 9.80 Å². The predicted octanol–water partition coefficient (Wildman–Crippen LogP) is 2.20. The molecule has 18 heavy (non-hydrogen) atoms. The van der Waals surface area contributed by atoms with Crippen LogP contribution in [0.1, 0.15) is 18.5 Å². The molecule has 2 rings (SSSR count). The summed E-state index contributed by atoms with van der Waals surface area (Å²) in [5, 5.41) is 0. The molecule has 0 spiro atoms. The van der Waals surface area contributed by atoms with E-state index in [-0.39, 0.29) is 24.0 Å². The van der Waals surface area contributed by atoms with E-state index in [4.69, 9.17) is 0 Å². The van der Waals surface area contributed by atoms with Crippen molar-refractivity contribution >= 4 is 11.9 Å². The number of carbonyl (C=O) groups excluding carboxylic acids is 2. The van der Waals surface area contributed by atoms with Crippen LogP contribution in [0.25, 0.3) is 0 Å². The van der Waals surface area contributed by atoms with Crippen molar-refractivity contribution in [1.29, 1.82) is 0 Å². The first-order valence-corrected chi connectivity index (χ1v) is 5.85. The number of carbonyl (C=O) groups is 2. The van der Waals surface area contributed by atoms with Gasteiger partial charge in [-0.25, -0.2) is 4.79 Å². The minimum atomic E-state index is -0.356. The molecule has 4 heteroatoms. The maximum atomic E-state index is 12.1. The van der Waals surface area contributed by atoms with E-state index in [9.17, 15) is 9.59 Å². The Kier molecular flexibility index (Phi) is 3.19. The van der Waals surface area contributed by atoms with Crippen molar-refractivity contribution in [2.75, 3.05) is 7.05 Å². The third-order valence-electron chi connectivity index (χ3n) is 3.41. The van der Waals surface area contributed by atoms with Gasteiger partial charge < -0.3 is 4.90 Å². The molecule has 0 radical (unpaired) electrons. The summed E-state index contributed by atoms with van der Waals surface area (Å²) in [7, 11) is 1.71. The molecule has 1 fully saturated rings. The molecule has 1 aliphatic heterocycles. The van der Waals surface area contributed by atoms with Gasteiger partial charge in [-0.15, -0.1) is 0 Å². The highest BCUT2D eigenvalue weighted by Gasteiger charge is 2.44. The van der Waals surface area contributed by atoms with Crippen LogP contribution in [0, 0.1) is 0 Å². The molecule has 1 heterocycles. The molecule has 0 bridgehead atoms. The van der Waals surface area contributed by atoms with E-state index in [1.165, 1.54) is 11.0 Å². The van der Waals surface area contributed by atoms with E-state index in [1.807, 2.05) is 37.3 Å². The van der Waals surface area contributed by atoms with Crippen molar-refractivity contribution in [2.24, 2.45) is 0 Å². The topological polar surface area (TPSA) is 40.6 Å². The Morgan fingerprint density at radius 2 is 1.94 bits per heavy atom. The fourth-order valence-corrected chi connectivity index (χ4v) is 2.30. The molecule has 0 saturated carbocycles. The Bertz CT molecular complexity index is 484. The van der Waals surface area contributed by atoms with E-state index in [0.29, 0.717) is 0 Å². The van der Waals surface area contributed by atoms with Crippen molar-refractivity contribution in [2.45, 2.75) is 19.0 Å². The van der Waals surface area contributed by atoms with Crippen LogP contribution in [0.15, 0.2) is 43.0 Å². The highest BCUT2D eigenvalue weighted by molar-refractivity contribution is 6.01. The number of amides is 3. The van der Waals surface area contributed by atoms with Gasteiger partial charge >= 0.3 is 6.03 Å². The molecule has 1 aromatic rings. The van der Waals surface area contributed by atoms with Gasteiger partial charge in [0.2, 0.25) is 0 Å². The molecule has 94 valence electrons. The largest absolute Gasteiger partial charge is 0.327 e. The fourth-order valence-electron chi connectivity index (χ4n) is 2.30. The minimum absolute atomic E-state index is 0.0520. The Balaban J connectivity index is 2.45. The zero-order chi connectivity index (χ0) is 13.3. The molecular formula is C14H16N2O2. The number of nitrogens with zero attached hydrogens (tertiary/aromatic N) is 2. The average molecular weight is 244 g/mol. The average Bonchev–Trinajstić information content (AvgIpc) is 2.63. The van der Waals surface area contributed by atoms with Crippen molar-refractivity contribution < 1.29 is 9.59 Å². The molecular weight excluding hydrogens is 228 g/mol. The molecule has 1 aliphatic rings. The lowest BCUT2D eigenvalue weighted by molar-refractivity contribution is -0.124. The Morgan fingerprint density at radius 3 is 2.50 bits per heavy atom. The lowest BCUT2D eigenvalue weighted by Gasteiger charge is -2.23. The normalized spacial score (nSPS) is 23.3. The highest BCUT2D eigenvalue weighted by Crippen LogP contribution is 2.34. The first-order valence-electron chi connectivity index (χ1n) is 5.85. The van der Waals surface area contributed by atoms with Crippen LogP contribution in [-0.2, 0) is 4.79 Å². The van der Waals surface area contributed by atoms with Crippen LogP contribution in [-0.4, -0.2) is 34.8 Å². The van der Waals surface area contributed by atoms with Crippen LogP contribution in [0.3, 0.4) is 0 Å². The van der Waals surface area contributed by atoms with Crippen LogP contribution >= 0.6 is 0 Å². The molecule has 2 atom stereocenters. The molecule has 0 aromatic heterocycles. The number of rotatable bonds is 2. The molecule has 1 saturated heterocycles. The molecule has 3 amide bonds. The Morgan fingerprint density at radius 1 is 1.33 bits per heavy atom. The van der Waals surface area contributed by atoms with Crippen LogP contribution in [0.4, 0.5) is 4.79 Å². The summed E-state index contributed by atoms with van der Waals surface area (Å²) in [6.07, 6.45) is 1.18. The van der Waals surface area contributed by atoms with Crippen LogP contribution in [0.5, 0.6) is 0 Å². The minimum Gasteiger partial charge on any atom is -0.322 e. The van der Waals surface area contributed by atoms with E-state index >= 15 is 0 Å². The van der Waals surface area contributed by atoms with Crippen molar-refractivity contribution in [3.05, 3.63) is 48.6 Å². The van der Waals surface area contributed by atoms with Gasteiger partial charge in [-0.05, 0) is 18.6 Å². The van der Waals surface area contributed by atoms with Gasteiger partial charge in [0.25, 0.3) is 5.91 Å². The van der Waals surface area contributed by atoms with Gasteiger partial charge in [-0.1, -0.05) is 36.9 Å². The molecule has 4 nitrogen and oxygen atoms in total. The maximum Gasteiger partial charge on any atom is 0.327 e. The quantitative estimate of drug-likeness (QED) is 0.748. The summed E-state index contributed by atoms with van der Waals surface area (Å²) in [6, 6.07) is 8.99. The monoisotopic (exact) mass is 244 g/mol. The zero-order valence-electron chi connectivity index (χ0n) is 10.5. The van der Waals surface area contributed by atoms with E-state index < -0.39 is 0 Å². The van der Waals surface area contributed by atoms with E-state index in [2.05, 4.69) is 6.58 Å². The standard InChI is InChI=1S/C14H16N2O2/c1-4-12(17)16-13(10(2)15(3)14(16)18)11-8-6-5-7-9-11/h4-10,13H,1H2,2-3H3/t10-,13-/m0/s1. The van der Waals surface area contributed by atoms with Crippen molar-refractivity contribution in [3.63, 3.8) is 0 Å². The highest BCUT2D eigenvalue weighted by atomic mass is 16.2. The van der Waals surface area contributed by atoms with Crippen LogP contribution in [0.2, 0.25) is 0 Å². The zero-order valence-corrected chi connectivity index (χ0v) is 10.5. The smallest absolute Gasteiger partial charge is 0.322 e. The summed E-state index contributed by atoms with van der Waals surface area (Å²) in [5.74, 6) is -0.356. The number of benzene rings is 1. The SMILES string of the molecule is C=CC(=O)N1C(=O)N(C)[C@@H](C)[C@H]1c1ccccc1. The third-order valence-corrected chi connectivity index (χ3v) is 3.41. The van der Waals surface area contributed by atoms with Gasteiger partial charge in [0.1, 0.15) is 0 Å². The van der Waals surface area contributed by atoms with E-state index in [0.717, 1.165) is 5.56 Å². The number of imide groups is 1. The Hall–Kier alpha value is -2.10. The second-order valence-corrected chi connectivity index (χ2v) is 4.40. The lowest BCUT2D eigenvalue weighted by Crippen LogP contribution is -2.35. The second-order valence-electron chi connectivity index (χ2n) is 4.40. The number of likely N-dealkylation sites (N-methyl/N-ethyl adjacent to an activating group) is 1. The van der Waals surface area contributed by atoms with Crippen LogP contribution < -0.4 is 0 Å². The molecule has 0 aliphatic carbocycles. The molecule has 0 unspecified atom stereocenters. The summed E-state index contributed by atoms with van der Waals surface area (Å²) >= 11 is 0. The summed E-state index contributed by atoms with van der Waals surface area (Å²) < 4.78 is 0. The van der Waals surface area contributed by atoms with Gasteiger partial charge in [0.05, 0.1) is 12.1 Å². The number of urea groups is 1. The number of hydrogen-bond donors (Lipinski definition) is 0. The van der Waals surface area contributed by atoms with E-state index in [1.54, 1.807) is 11.9 Å². The van der Waals surface area contributed by atoms with Gasteiger partial charge in [-0.2, -0.15) is 0 Å².